The largest absolute Gasteiger partial charge is 0.264 e. The van der Waals surface area contributed by atoms with Gasteiger partial charge in [0.05, 0.1) is 4.90 Å². The van der Waals surface area contributed by atoms with Gasteiger partial charge in [-0.2, -0.15) is 4.31 Å². The highest BCUT2D eigenvalue weighted by Crippen LogP contribution is 2.25. The van der Waals surface area contributed by atoms with Crippen LogP contribution < -0.4 is 0 Å². The molecule has 0 spiro atoms. The number of nitrogens with zero attached hydrogens (tertiary/aromatic N) is 2. The highest BCUT2D eigenvalue weighted by Gasteiger charge is 2.25. The van der Waals surface area contributed by atoms with E-state index in [-0.39, 0.29) is 11.4 Å². The number of hydrogen-bond donors (Lipinski definition) is 0. The quantitative estimate of drug-likeness (QED) is 0.872. The summed E-state index contributed by atoms with van der Waals surface area (Å²) in [6, 6.07) is 6.03. The van der Waals surface area contributed by atoms with Gasteiger partial charge in [-0.1, -0.05) is 6.07 Å². The van der Waals surface area contributed by atoms with Gasteiger partial charge in [-0.15, -0.1) is 0 Å². The molecule has 0 amide bonds. The number of aryl methyl sites for hydroxylation is 2. The normalized spacial score (nSPS) is 11.9. The lowest BCUT2D eigenvalue weighted by molar-refractivity contribution is 0.465. The van der Waals surface area contributed by atoms with Crippen LogP contribution in [0.2, 0.25) is 0 Å². The first-order valence-electron chi connectivity index (χ1n) is 6.44. The van der Waals surface area contributed by atoms with Gasteiger partial charge in [0.1, 0.15) is 5.82 Å². The molecule has 0 fully saturated rings. The number of sulfonamides is 1. The Morgan fingerprint density at radius 1 is 1.24 bits per heavy atom. The molecule has 21 heavy (non-hydrogen) atoms. The summed E-state index contributed by atoms with van der Waals surface area (Å²) in [4.78, 5) is 4.13. The van der Waals surface area contributed by atoms with Crippen LogP contribution in [-0.2, 0) is 16.6 Å². The average molecular weight is 308 g/mol. The maximum atomic E-state index is 13.3. The molecule has 0 aliphatic rings. The monoisotopic (exact) mass is 308 g/mol. The molecule has 0 aliphatic heterocycles. The SMILES string of the molecule is Cc1cc(F)cc(C)c1S(=O)(=O)N(C)Cc1cccnc1. The summed E-state index contributed by atoms with van der Waals surface area (Å²) in [7, 11) is -2.17. The number of hydrogen-bond acceptors (Lipinski definition) is 3. The number of halogens is 1. The Morgan fingerprint density at radius 2 is 1.86 bits per heavy atom. The van der Waals surface area contributed by atoms with Gasteiger partial charge in [0.2, 0.25) is 10.0 Å². The summed E-state index contributed by atoms with van der Waals surface area (Å²) in [5.74, 6) is -0.432. The fourth-order valence-electron chi connectivity index (χ4n) is 2.29. The molecule has 2 rings (SSSR count). The molecule has 0 saturated carbocycles. The highest BCUT2D eigenvalue weighted by atomic mass is 32.2. The molecule has 0 bridgehead atoms. The molecular formula is C15H17FN2O2S. The van der Waals surface area contributed by atoms with Crippen LogP contribution in [0, 0.1) is 19.7 Å². The summed E-state index contributed by atoms with van der Waals surface area (Å²) in [6.07, 6.45) is 3.25. The number of aromatic nitrogens is 1. The minimum absolute atomic E-state index is 0.162. The number of pyridine rings is 1. The van der Waals surface area contributed by atoms with Crippen LogP contribution in [0.1, 0.15) is 16.7 Å². The molecule has 0 unspecified atom stereocenters. The molecule has 4 nitrogen and oxygen atoms in total. The first-order valence-corrected chi connectivity index (χ1v) is 7.88. The zero-order chi connectivity index (χ0) is 15.6. The Balaban J connectivity index is 2.38. The second-order valence-corrected chi connectivity index (χ2v) is 6.97. The van der Waals surface area contributed by atoms with E-state index in [1.807, 2.05) is 6.07 Å². The van der Waals surface area contributed by atoms with Gasteiger partial charge in [-0.05, 0) is 48.7 Å². The van der Waals surface area contributed by atoms with Crippen molar-refractivity contribution < 1.29 is 12.8 Å². The highest BCUT2D eigenvalue weighted by molar-refractivity contribution is 7.89. The summed E-state index contributed by atoms with van der Waals surface area (Å²) in [5.41, 5.74) is 1.61. The molecular weight excluding hydrogens is 291 g/mol. The van der Waals surface area contributed by atoms with Crippen LogP contribution >= 0.6 is 0 Å². The third-order valence-electron chi connectivity index (χ3n) is 3.22. The van der Waals surface area contributed by atoms with Gasteiger partial charge in [-0.3, -0.25) is 4.98 Å². The molecule has 0 aliphatic carbocycles. The van der Waals surface area contributed by atoms with Crippen molar-refractivity contribution in [3.8, 4) is 0 Å². The minimum atomic E-state index is -3.68. The Bertz CT molecular complexity index is 723. The molecule has 2 aromatic rings. The van der Waals surface area contributed by atoms with Crippen LogP contribution in [0.3, 0.4) is 0 Å². The maximum absolute atomic E-state index is 13.3. The summed E-state index contributed by atoms with van der Waals surface area (Å²) in [5, 5.41) is 0. The molecule has 1 aromatic heterocycles. The summed E-state index contributed by atoms with van der Waals surface area (Å²) < 4.78 is 39.9. The van der Waals surface area contributed by atoms with E-state index in [0.29, 0.717) is 11.1 Å². The molecule has 1 aromatic carbocycles. The van der Waals surface area contributed by atoms with Gasteiger partial charge in [-0.25, -0.2) is 12.8 Å². The molecule has 6 heteroatoms. The van der Waals surface area contributed by atoms with E-state index in [1.54, 1.807) is 32.3 Å². The standard InChI is InChI=1S/C15H17FN2O2S/c1-11-7-14(16)8-12(2)15(11)21(19,20)18(3)10-13-5-4-6-17-9-13/h4-9H,10H2,1-3H3. The molecule has 0 atom stereocenters. The van der Waals surface area contributed by atoms with Crippen LogP contribution in [0.25, 0.3) is 0 Å². The fraction of sp³-hybridized carbons (Fsp3) is 0.267. The molecule has 112 valence electrons. The van der Waals surface area contributed by atoms with Crippen molar-refractivity contribution in [2.24, 2.45) is 0 Å². The van der Waals surface area contributed by atoms with Gasteiger partial charge < -0.3 is 0 Å². The Labute approximate surface area is 124 Å². The predicted octanol–water partition coefficient (Wildman–Crippen LogP) is 2.66. The smallest absolute Gasteiger partial charge is 0.243 e. The Morgan fingerprint density at radius 3 is 2.38 bits per heavy atom. The van der Waals surface area contributed by atoms with E-state index >= 15 is 0 Å². The van der Waals surface area contributed by atoms with Crippen molar-refractivity contribution in [3.63, 3.8) is 0 Å². The average Bonchev–Trinajstić information content (AvgIpc) is 2.38. The van der Waals surface area contributed by atoms with Crippen LogP contribution in [0.4, 0.5) is 4.39 Å². The van der Waals surface area contributed by atoms with E-state index < -0.39 is 15.8 Å². The Hall–Kier alpha value is -1.79. The van der Waals surface area contributed by atoms with E-state index in [0.717, 1.165) is 5.56 Å². The minimum Gasteiger partial charge on any atom is -0.264 e. The lowest BCUT2D eigenvalue weighted by Crippen LogP contribution is -2.28. The fourth-order valence-corrected chi connectivity index (χ4v) is 3.86. The molecule has 0 radical (unpaired) electrons. The van der Waals surface area contributed by atoms with Gasteiger partial charge in [0.25, 0.3) is 0 Å². The second-order valence-electron chi connectivity index (χ2n) is 4.99. The van der Waals surface area contributed by atoms with Gasteiger partial charge in [0.15, 0.2) is 0 Å². The van der Waals surface area contributed by atoms with E-state index in [1.165, 1.54) is 23.5 Å². The second kappa shape index (κ2) is 5.91. The van der Waals surface area contributed by atoms with Crippen molar-refractivity contribution in [2.75, 3.05) is 7.05 Å². The van der Waals surface area contributed by atoms with Crippen molar-refractivity contribution in [1.82, 2.24) is 9.29 Å². The zero-order valence-corrected chi connectivity index (χ0v) is 13.0. The summed E-state index contributed by atoms with van der Waals surface area (Å²) >= 11 is 0. The van der Waals surface area contributed by atoms with E-state index in [2.05, 4.69) is 4.98 Å². The van der Waals surface area contributed by atoms with Crippen molar-refractivity contribution in [1.29, 1.82) is 0 Å². The van der Waals surface area contributed by atoms with Crippen molar-refractivity contribution >= 4 is 10.0 Å². The molecule has 0 N–H and O–H groups in total. The predicted molar refractivity (Wildman–Crippen MR) is 78.8 cm³/mol. The van der Waals surface area contributed by atoms with Crippen LogP contribution in [-0.4, -0.2) is 24.8 Å². The lowest BCUT2D eigenvalue weighted by atomic mass is 10.1. The first-order chi connectivity index (χ1) is 9.82. The van der Waals surface area contributed by atoms with Gasteiger partial charge in [0, 0.05) is 26.0 Å². The van der Waals surface area contributed by atoms with Crippen LogP contribution in [0.5, 0.6) is 0 Å². The van der Waals surface area contributed by atoms with Gasteiger partial charge >= 0.3 is 0 Å². The third kappa shape index (κ3) is 3.28. The number of rotatable bonds is 4. The number of benzene rings is 1. The van der Waals surface area contributed by atoms with E-state index in [9.17, 15) is 12.8 Å². The third-order valence-corrected chi connectivity index (χ3v) is 5.33. The van der Waals surface area contributed by atoms with Crippen molar-refractivity contribution in [3.05, 3.63) is 59.2 Å². The maximum Gasteiger partial charge on any atom is 0.243 e. The summed E-state index contributed by atoms with van der Waals surface area (Å²) in [6.45, 7) is 3.41. The Kier molecular flexibility index (Phi) is 4.39. The van der Waals surface area contributed by atoms with Crippen molar-refractivity contribution in [2.45, 2.75) is 25.3 Å². The zero-order valence-electron chi connectivity index (χ0n) is 12.2. The molecule has 0 saturated heterocycles. The first kappa shape index (κ1) is 15.6. The lowest BCUT2D eigenvalue weighted by Gasteiger charge is -2.20. The van der Waals surface area contributed by atoms with E-state index in [4.69, 9.17) is 0 Å². The molecule has 1 heterocycles. The van der Waals surface area contributed by atoms with Crippen LogP contribution in [0.15, 0.2) is 41.6 Å². The topological polar surface area (TPSA) is 50.3 Å².